The molecule has 3 rings (SSSR count). The minimum Gasteiger partial charge on any atom is -0.468 e. The maximum Gasteiger partial charge on any atom is 0.293 e. The zero-order valence-corrected chi connectivity index (χ0v) is 16.1. The molecule has 0 spiro atoms. The zero-order chi connectivity index (χ0) is 18.5. The van der Waals surface area contributed by atoms with Crippen molar-refractivity contribution in [2.45, 2.75) is 25.2 Å². The molecule has 1 aliphatic carbocycles. The van der Waals surface area contributed by atoms with Crippen molar-refractivity contribution in [1.82, 2.24) is 9.80 Å². The summed E-state index contributed by atoms with van der Waals surface area (Å²) < 4.78 is 16.3. The Kier molecular flexibility index (Phi) is 6.38. The van der Waals surface area contributed by atoms with Gasteiger partial charge in [0.25, 0.3) is 6.47 Å². The van der Waals surface area contributed by atoms with E-state index in [1.807, 2.05) is 0 Å². The van der Waals surface area contributed by atoms with E-state index >= 15 is 0 Å². The van der Waals surface area contributed by atoms with Crippen LogP contribution in [-0.4, -0.2) is 70.4 Å². The average Bonchev–Trinajstić information content (AvgIpc) is 3.08. The Bertz CT molecular complexity index is 620. The van der Waals surface area contributed by atoms with Crippen LogP contribution >= 0.6 is 0 Å². The molecule has 0 bridgehead atoms. The van der Waals surface area contributed by atoms with Crippen molar-refractivity contribution in [3.8, 4) is 11.5 Å². The highest BCUT2D eigenvalue weighted by Crippen LogP contribution is 2.44. The number of nitrogens with zero attached hydrogens (tertiary/aromatic N) is 2. The minimum atomic E-state index is 0.299. The molecule has 0 fully saturated rings. The Morgan fingerprint density at radius 3 is 2.65 bits per heavy atom. The number of likely N-dealkylation sites (N-methyl/N-ethyl adjacent to an activating group) is 2. The smallest absolute Gasteiger partial charge is 0.293 e. The van der Waals surface area contributed by atoms with Gasteiger partial charge in [-0.3, -0.25) is 4.79 Å². The number of aryl methyl sites for hydroxylation is 1. The molecule has 0 saturated carbocycles. The van der Waals surface area contributed by atoms with Crippen LogP contribution in [0.25, 0.3) is 0 Å². The summed E-state index contributed by atoms with van der Waals surface area (Å²) in [6.07, 6.45) is 3.07. The van der Waals surface area contributed by atoms with Gasteiger partial charge in [-0.1, -0.05) is 0 Å². The van der Waals surface area contributed by atoms with Gasteiger partial charge in [0.15, 0.2) is 11.5 Å². The van der Waals surface area contributed by atoms with E-state index in [4.69, 9.17) is 14.2 Å². The molecular formula is C20H30N2O4. The predicted molar refractivity (Wildman–Crippen MR) is 99.8 cm³/mol. The van der Waals surface area contributed by atoms with Gasteiger partial charge < -0.3 is 24.0 Å². The topological polar surface area (TPSA) is 51.2 Å². The minimum absolute atomic E-state index is 0.299. The molecular weight excluding hydrogens is 332 g/mol. The fraction of sp³-hybridized carbons (Fsp3) is 0.650. The lowest BCUT2D eigenvalue weighted by molar-refractivity contribution is -0.130. The summed E-state index contributed by atoms with van der Waals surface area (Å²) in [5, 5.41) is 0. The van der Waals surface area contributed by atoms with Crippen LogP contribution in [0.1, 0.15) is 29.9 Å². The van der Waals surface area contributed by atoms with Gasteiger partial charge >= 0.3 is 0 Å². The second-order valence-corrected chi connectivity index (χ2v) is 7.63. The third-order valence-electron chi connectivity index (χ3n) is 5.52. The molecule has 144 valence electrons. The predicted octanol–water partition coefficient (Wildman–Crippen LogP) is 2.12. The van der Waals surface area contributed by atoms with E-state index in [1.165, 1.54) is 11.1 Å². The number of ether oxygens (including phenoxy) is 3. The van der Waals surface area contributed by atoms with Gasteiger partial charge in [0.05, 0.1) is 6.61 Å². The molecule has 0 aromatic heterocycles. The van der Waals surface area contributed by atoms with Crippen LogP contribution in [0.15, 0.2) is 12.1 Å². The van der Waals surface area contributed by atoms with E-state index in [0.717, 1.165) is 50.4 Å². The van der Waals surface area contributed by atoms with Crippen molar-refractivity contribution in [3.05, 3.63) is 23.3 Å². The van der Waals surface area contributed by atoms with Crippen LogP contribution in [0.3, 0.4) is 0 Å². The molecule has 1 aromatic rings. The average molecular weight is 362 g/mol. The summed E-state index contributed by atoms with van der Waals surface area (Å²) in [5.41, 5.74) is 2.68. The number of carbonyl (C=O) groups is 1. The third kappa shape index (κ3) is 4.48. The van der Waals surface area contributed by atoms with Crippen LogP contribution in [0.4, 0.5) is 0 Å². The van der Waals surface area contributed by atoms with Crippen LogP contribution in [0.5, 0.6) is 11.5 Å². The normalized spacial score (nSPS) is 21.1. The van der Waals surface area contributed by atoms with Gasteiger partial charge in [-0.25, -0.2) is 0 Å². The highest BCUT2D eigenvalue weighted by Gasteiger charge is 2.32. The first-order valence-electron chi connectivity index (χ1n) is 9.39. The first-order chi connectivity index (χ1) is 12.6. The summed E-state index contributed by atoms with van der Waals surface area (Å²) >= 11 is 0. The lowest BCUT2D eigenvalue weighted by Crippen LogP contribution is -2.32. The quantitative estimate of drug-likeness (QED) is 0.627. The van der Waals surface area contributed by atoms with Crippen molar-refractivity contribution in [1.29, 1.82) is 0 Å². The fourth-order valence-electron chi connectivity index (χ4n) is 3.95. The van der Waals surface area contributed by atoms with Gasteiger partial charge in [-0.05, 0) is 76.1 Å². The second kappa shape index (κ2) is 8.73. The number of fused-ring (bicyclic) bond motifs is 2. The van der Waals surface area contributed by atoms with E-state index < -0.39 is 0 Å². The molecule has 6 nitrogen and oxygen atoms in total. The van der Waals surface area contributed by atoms with Crippen LogP contribution in [-0.2, 0) is 16.0 Å². The second-order valence-electron chi connectivity index (χ2n) is 7.63. The van der Waals surface area contributed by atoms with E-state index in [2.05, 4.69) is 43.1 Å². The number of hydrogen-bond acceptors (Lipinski definition) is 6. The van der Waals surface area contributed by atoms with Crippen molar-refractivity contribution in [2.75, 3.05) is 54.2 Å². The molecule has 2 aliphatic rings. The van der Waals surface area contributed by atoms with Crippen LogP contribution in [0.2, 0.25) is 0 Å². The molecule has 0 N–H and O–H groups in total. The Labute approximate surface area is 156 Å². The zero-order valence-electron chi connectivity index (χ0n) is 16.1. The van der Waals surface area contributed by atoms with E-state index in [9.17, 15) is 4.79 Å². The molecule has 0 radical (unpaired) electrons. The van der Waals surface area contributed by atoms with Gasteiger partial charge in [-0.2, -0.15) is 0 Å². The Balaban J connectivity index is 1.73. The maximum absolute atomic E-state index is 10.7. The molecule has 0 saturated heterocycles. The largest absolute Gasteiger partial charge is 0.468 e. The van der Waals surface area contributed by atoms with Crippen molar-refractivity contribution in [2.24, 2.45) is 5.92 Å². The summed E-state index contributed by atoms with van der Waals surface area (Å²) in [7, 11) is 6.37. The lowest BCUT2D eigenvalue weighted by Gasteiger charge is -2.34. The number of rotatable bonds is 9. The summed E-state index contributed by atoms with van der Waals surface area (Å²) in [5.74, 6) is 2.42. The van der Waals surface area contributed by atoms with Gasteiger partial charge in [0.2, 0.25) is 6.79 Å². The SMILES string of the molecule is CN(C)CCN(C)CCC1c2cc3c(cc2CCC1COC=O)OCO3. The van der Waals surface area contributed by atoms with Gasteiger partial charge in [-0.15, -0.1) is 0 Å². The van der Waals surface area contributed by atoms with Crippen molar-refractivity contribution >= 4 is 6.47 Å². The third-order valence-corrected chi connectivity index (χ3v) is 5.52. The highest BCUT2D eigenvalue weighted by atomic mass is 16.7. The standard InChI is InChI=1S/C20H30N2O4/c1-21(2)8-9-22(3)7-6-17-16(12-24-13-23)5-4-15-10-19-20(11-18(15)17)26-14-25-19/h10-11,13,16-17H,4-9,12,14H2,1-3H3. The van der Waals surface area contributed by atoms with Crippen LogP contribution in [0, 0.1) is 5.92 Å². The summed E-state index contributed by atoms with van der Waals surface area (Å²) in [6.45, 7) is 4.47. The molecule has 26 heavy (non-hydrogen) atoms. The number of benzene rings is 1. The Hall–Kier alpha value is -1.79. The van der Waals surface area contributed by atoms with Crippen LogP contribution < -0.4 is 9.47 Å². The molecule has 2 unspecified atom stereocenters. The summed E-state index contributed by atoms with van der Waals surface area (Å²) in [4.78, 5) is 15.3. The lowest BCUT2D eigenvalue weighted by atomic mass is 9.73. The van der Waals surface area contributed by atoms with Crippen molar-refractivity contribution in [3.63, 3.8) is 0 Å². The first-order valence-corrected chi connectivity index (χ1v) is 9.39. The number of carbonyl (C=O) groups excluding carboxylic acids is 1. The van der Waals surface area contributed by atoms with Gasteiger partial charge in [0.1, 0.15) is 0 Å². The molecule has 1 heterocycles. The molecule has 2 atom stereocenters. The van der Waals surface area contributed by atoms with E-state index in [-0.39, 0.29) is 0 Å². The molecule has 6 heteroatoms. The van der Waals surface area contributed by atoms with Crippen molar-refractivity contribution < 1.29 is 19.0 Å². The monoisotopic (exact) mass is 362 g/mol. The molecule has 0 amide bonds. The molecule has 1 aliphatic heterocycles. The highest BCUT2D eigenvalue weighted by molar-refractivity contribution is 5.51. The van der Waals surface area contributed by atoms with E-state index in [0.29, 0.717) is 31.7 Å². The molecule has 1 aromatic carbocycles. The number of hydrogen-bond donors (Lipinski definition) is 0. The Morgan fingerprint density at radius 2 is 1.92 bits per heavy atom. The first kappa shape index (κ1) is 19.0. The van der Waals surface area contributed by atoms with Gasteiger partial charge in [0, 0.05) is 19.0 Å². The fourth-order valence-corrected chi connectivity index (χ4v) is 3.95. The maximum atomic E-state index is 10.7. The Morgan fingerprint density at radius 1 is 1.15 bits per heavy atom. The summed E-state index contributed by atoms with van der Waals surface area (Å²) in [6, 6.07) is 4.28. The van der Waals surface area contributed by atoms with E-state index in [1.54, 1.807) is 0 Å².